The second kappa shape index (κ2) is 14.0. The zero-order chi connectivity index (χ0) is 31.0. The molecule has 1 saturated heterocycles. The zero-order valence-corrected chi connectivity index (χ0v) is 25.0. The summed E-state index contributed by atoms with van der Waals surface area (Å²) in [5.41, 5.74) is -0.538. The Kier molecular flexibility index (Phi) is 10.7. The highest BCUT2D eigenvalue weighted by atomic mass is 16.6. The molecule has 0 N–H and O–H groups in total. The number of carbonyl (C=O) groups excluding carboxylic acids is 5. The largest absolute Gasteiger partial charge is 0.467 e. The van der Waals surface area contributed by atoms with Gasteiger partial charge in [-0.2, -0.15) is 5.01 Å². The van der Waals surface area contributed by atoms with Crippen molar-refractivity contribution in [2.75, 3.05) is 20.2 Å². The quantitative estimate of drug-likeness (QED) is 0.253. The third-order valence-electron chi connectivity index (χ3n) is 6.49. The summed E-state index contributed by atoms with van der Waals surface area (Å²) in [5.74, 6) is -2.95. The summed E-state index contributed by atoms with van der Waals surface area (Å²) in [6, 6.07) is 13.3. The Morgan fingerprint density at radius 3 is 1.98 bits per heavy atom. The molecule has 0 unspecified atom stereocenters. The third-order valence-corrected chi connectivity index (χ3v) is 6.49. The van der Waals surface area contributed by atoms with E-state index in [2.05, 4.69) is 0 Å². The van der Waals surface area contributed by atoms with Crippen molar-refractivity contribution in [1.29, 1.82) is 0 Å². The van der Waals surface area contributed by atoms with Crippen molar-refractivity contribution in [1.82, 2.24) is 14.9 Å². The third kappa shape index (κ3) is 7.86. The predicted octanol–water partition coefficient (Wildman–Crippen LogP) is 5.05. The summed E-state index contributed by atoms with van der Waals surface area (Å²) >= 11 is 0. The lowest BCUT2D eigenvalue weighted by Gasteiger charge is -2.38. The highest BCUT2D eigenvalue weighted by Gasteiger charge is 2.46. The van der Waals surface area contributed by atoms with Crippen molar-refractivity contribution in [2.45, 2.75) is 65.7 Å². The van der Waals surface area contributed by atoms with Gasteiger partial charge in [0, 0.05) is 13.1 Å². The normalized spacial score (nSPS) is 13.7. The summed E-state index contributed by atoms with van der Waals surface area (Å²) < 4.78 is 16.0. The zero-order valence-electron chi connectivity index (χ0n) is 25.0. The number of carbonyl (C=O) groups is 5. The van der Waals surface area contributed by atoms with E-state index in [9.17, 15) is 24.0 Å². The molecule has 0 radical (unpaired) electrons. The van der Waals surface area contributed by atoms with Crippen LogP contribution in [0.2, 0.25) is 0 Å². The van der Waals surface area contributed by atoms with Crippen molar-refractivity contribution in [3.8, 4) is 0 Å². The predicted molar refractivity (Wildman–Crippen MR) is 153 cm³/mol. The van der Waals surface area contributed by atoms with Gasteiger partial charge in [0.25, 0.3) is 11.8 Å². The first kappa shape index (κ1) is 32.1. The first-order chi connectivity index (χ1) is 19.9. The molecule has 1 fully saturated rings. The highest BCUT2D eigenvalue weighted by Crippen LogP contribution is 2.25. The van der Waals surface area contributed by atoms with Crippen molar-refractivity contribution >= 4 is 30.0 Å². The lowest BCUT2D eigenvalue weighted by Crippen LogP contribution is -2.61. The van der Waals surface area contributed by atoms with Gasteiger partial charge >= 0.3 is 18.2 Å². The van der Waals surface area contributed by atoms with Gasteiger partial charge in [-0.3, -0.25) is 9.59 Å². The second-order valence-corrected chi connectivity index (χ2v) is 11.2. The number of likely N-dealkylation sites (tertiary alicyclic amines) is 1. The number of esters is 1. The number of methoxy groups -OCH3 is 1. The van der Waals surface area contributed by atoms with Gasteiger partial charge in [-0.1, -0.05) is 56.3 Å². The number of benzene rings is 2. The molecule has 1 atom stereocenters. The molecule has 0 aromatic heterocycles. The van der Waals surface area contributed by atoms with Crippen LogP contribution in [0.15, 0.2) is 54.6 Å². The van der Waals surface area contributed by atoms with E-state index >= 15 is 0 Å². The molecule has 11 heteroatoms. The minimum Gasteiger partial charge on any atom is -0.467 e. The molecule has 2 aromatic rings. The second-order valence-electron chi connectivity index (χ2n) is 11.2. The van der Waals surface area contributed by atoms with Crippen LogP contribution in [-0.2, 0) is 25.6 Å². The van der Waals surface area contributed by atoms with Gasteiger partial charge in [0.2, 0.25) is 0 Å². The number of amides is 4. The molecule has 4 amide bonds. The Labute approximate surface area is 246 Å². The molecule has 0 bridgehead atoms. The molecule has 1 aliphatic heterocycles. The van der Waals surface area contributed by atoms with Crippen LogP contribution in [0.5, 0.6) is 0 Å². The molecule has 0 saturated carbocycles. The Balaban J connectivity index is 2.15. The molecular formula is C31H39N3O8. The summed E-state index contributed by atoms with van der Waals surface area (Å²) in [7, 11) is 1.13. The first-order valence-corrected chi connectivity index (χ1v) is 13.9. The minimum absolute atomic E-state index is 0.0507. The summed E-state index contributed by atoms with van der Waals surface area (Å²) in [6.45, 7) is 8.90. The standard InChI is InChI=1S/C31H39N3O8/c1-21(2)25(28(37)40-6)33(29(38)41-20-22-14-8-7-9-15-22)34(30(39)42-31(3,4)5)27(36)24-17-11-10-16-23(24)26(35)32-18-12-13-19-32/h7-11,14-17,21,25H,12-13,18-20H2,1-6H3/t25-/m1/s1. The smallest absolute Gasteiger partial charge is 0.437 e. The topological polar surface area (TPSA) is 123 Å². The Morgan fingerprint density at radius 1 is 0.857 bits per heavy atom. The van der Waals surface area contributed by atoms with Crippen LogP contribution < -0.4 is 0 Å². The highest BCUT2D eigenvalue weighted by molar-refractivity contribution is 6.11. The minimum atomic E-state index is -1.46. The molecule has 42 heavy (non-hydrogen) atoms. The molecule has 226 valence electrons. The molecule has 0 spiro atoms. The van der Waals surface area contributed by atoms with E-state index in [0.717, 1.165) is 20.0 Å². The van der Waals surface area contributed by atoms with Crippen molar-refractivity contribution in [2.24, 2.45) is 5.92 Å². The molecule has 1 heterocycles. The fraction of sp³-hybridized carbons (Fsp3) is 0.452. The van der Waals surface area contributed by atoms with Crippen LogP contribution >= 0.6 is 0 Å². The van der Waals surface area contributed by atoms with E-state index in [1.54, 1.807) is 82.0 Å². The van der Waals surface area contributed by atoms with E-state index in [4.69, 9.17) is 14.2 Å². The molecule has 11 nitrogen and oxygen atoms in total. The van der Waals surface area contributed by atoms with Crippen molar-refractivity contribution < 1.29 is 38.2 Å². The molecule has 3 rings (SSSR count). The van der Waals surface area contributed by atoms with Crippen LogP contribution in [0, 0.1) is 5.92 Å². The summed E-state index contributed by atoms with van der Waals surface area (Å²) in [4.78, 5) is 70.0. The number of hydrogen-bond donors (Lipinski definition) is 0. The fourth-order valence-electron chi connectivity index (χ4n) is 4.51. The van der Waals surface area contributed by atoms with Gasteiger partial charge in [0.05, 0.1) is 18.2 Å². The van der Waals surface area contributed by atoms with Crippen LogP contribution in [0.3, 0.4) is 0 Å². The molecule has 0 aliphatic carbocycles. The Morgan fingerprint density at radius 2 is 1.43 bits per heavy atom. The monoisotopic (exact) mass is 581 g/mol. The Hall–Kier alpha value is -4.41. The van der Waals surface area contributed by atoms with Crippen molar-refractivity contribution in [3.63, 3.8) is 0 Å². The maximum Gasteiger partial charge on any atom is 0.437 e. The number of nitrogens with zero attached hydrogens (tertiary/aromatic N) is 3. The maximum atomic E-state index is 14.3. The van der Waals surface area contributed by atoms with E-state index in [-0.39, 0.29) is 23.6 Å². The molecule has 2 aromatic carbocycles. The fourth-order valence-corrected chi connectivity index (χ4v) is 4.51. The number of hydrogen-bond acceptors (Lipinski definition) is 8. The number of imide groups is 1. The lowest BCUT2D eigenvalue weighted by molar-refractivity contribution is -0.153. The van der Waals surface area contributed by atoms with Gasteiger partial charge in [0.15, 0.2) is 6.04 Å². The number of rotatable bonds is 7. The van der Waals surface area contributed by atoms with Crippen LogP contribution in [-0.4, -0.2) is 76.7 Å². The molecular weight excluding hydrogens is 542 g/mol. The number of ether oxygens (including phenoxy) is 3. The van der Waals surface area contributed by atoms with Crippen LogP contribution in [0.1, 0.15) is 73.7 Å². The van der Waals surface area contributed by atoms with E-state index in [1.807, 2.05) is 0 Å². The molecule has 1 aliphatic rings. The Bertz CT molecular complexity index is 1280. The average molecular weight is 582 g/mol. The van der Waals surface area contributed by atoms with Gasteiger partial charge in [-0.25, -0.2) is 14.4 Å². The van der Waals surface area contributed by atoms with Crippen LogP contribution in [0.25, 0.3) is 0 Å². The van der Waals surface area contributed by atoms with Gasteiger partial charge < -0.3 is 19.1 Å². The van der Waals surface area contributed by atoms with E-state index < -0.39 is 41.6 Å². The lowest BCUT2D eigenvalue weighted by atomic mass is 10.0. The number of hydrazine groups is 1. The summed E-state index contributed by atoms with van der Waals surface area (Å²) in [5, 5.41) is 1.07. The maximum absolute atomic E-state index is 14.3. The van der Waals surface area contributed by atoms with Crippen LogP contribution in [0.4, 0.5) is 9.59 Å². The SMILES string of the molecule is COC(=O)[C@@H](C(C)C)N(C(=O)OCc1ccccc1)N(C(=O)OC(C)(C)C)C(=O)c1ccccc1C(=O)N1CCCC1. The van der Waals surface area contributed by atoms with E-state index in [0.29, 0.717) is 28.7 Å². The van der Waals surface area contributed by atoms with Gasteiger partial charge in [-0.15, -0.1) is 5.01 Å². The average Bonchev–Trinajstić information content (AvgIpc) is 3.49. The first-order valence-electron chi connectivity index (χ1n) is 13.9. The van der Waals surface area contributed by atoms with Crippen molar-refractivity contribution in [3.05, 3.63) is 71.3 Å². The van der Waals surface area contributed by atoms with Gasteiger partial charge in [0.1, 0.15) is 12.2 Å². The van der Waals surface area contributed by atoms with Gasteiger partial charge in [-0.05, 0) is 57.2 Å². The van der Waals surface area contributed by atoms with E-state index in [1.165, 1.54) is 12.1 Å². The summed E-state index contributed by atoms with van der Waals surface area (Å²) in [6.07, 6.45) is -0.725.